The van der Waals surface area contributed by atoms with Crippen LogP contribution in [-0.4, -0.2) is 50.0 Å². The summed E-state index contributed by atoms with van der Waals surface area (Å²) in [5.74, 6) is -0.732. The molecule has 0 saturated carbocycles. The minimum atomic E-state index is -3.79. The van der Waals surface area contributed by atoms with Crippen molar-refractivity contribution in [2.75, 3.05) is 17.1 Å². The molecule has 2 aromatic rings. The van der Waals surface area contributed by atoms with Crippen molar-refractivity contribution < 1.29 is 18.0 Å². The highest BCUT2D eigenvalue weighted by atomic mass is 35.5. The lowest BCUT2D eigenvalue weighted by Crippen LogP contribution is -2.53. The van der Waals surface area contributed by atoms with Crippen LogP contribution in [0.4, 0.5) is 5.69 Å². The van der Waals surface area contributed by atoms with Crippen molar-refractivity contribution in [2.24, 2.45) is 0 Å². The molecule has 186 valence electrons. The molecule has 2 atom stereocenters. The van der Waals surface area contributed by atoms with Gasteiger partial charge in [-0.25, -0.2) is 8.42 Å². The van der Waals surface area contributed by atoms with Crippen LogP contribution in [0.1, 0.15) is 44.7 Å². The van der Waals surface area contributed by atoms with E-state index in [9.17, 15) is 18.0 Å². The van der Waals surface area contributed by atoms with E-state index in [2.05, 4.69) is 5.32 Å². The molecule has 0 fully saturated rings. The zero-order chi connectivity index (χ0) is 25.5. The summed E-state index contributed by atoms with van der Waals surface area (Å²) >= 11 is 6.07. The lowest BCUT2D eigenvalue weighted by molar-refractivity contribution is -0.140. The maximum Gasteiger partial charge on any atom is 0.244 e. The van der Waals surface area contributed by atoms with E-state index in [4.69, 9.17) is 11.6 Å². The van der Waals surface area contributed by atoms with E-state index in [-0.39, 0.29) is 24.2 Å². The molecule has 34 heavy (non-hydrogen) atoms. The Morgan fingerprint density at radius 2 is 1.74 bits per heavy atom. The first kappa shape index (κ1) is 27.7. The molecule has 0 spiro atoms. The monoisotopic (exact) mass is 507 g/mol. The molecule has 0 aliphatic heterocycles. The SMILES string of the molecule is CCC(C)NC(=O)C(CC)N(Cc1cccc(C)c1)C(=O)CN(c1cccc(Cl)c1)S(C)(=O)=O. The second kappa shape index (κ2) is 12.2. The van der Waals surface area contributed by atoms with Crippen LogP contribution in [0.3, 0.4) is 0 Å². The number of halogens is 1. The molecule has 0 aliphatic rings. The molecule has 0 radical (unpaired) electrons. The van der Waals surface area contributed by atoms with Crippen LogP contribution in [0.15, 0.2) is 48.5 Å². The van der Waals surface area contributed by atoms with Gasteiger partial charge in [0.05, 0.1) is 11.9 Å². The Morgan fingerprint density at radius 1 is 1.06 bits per heavy atom. The number of amides is 2. The zero-order valence-corrected chi connectivity index (χ0v) is 22.0. The van der Waals surface area contributed by atoms with Gasteiger partial charge in [-0.2, -0.15) is 0 Å². The summed E-state index contributed by atoms with van der Waals surface area (Å²) in [4.78, 5) is 28.2. The molecule has 2 aromatic carbocycles. The summed E-state index contributed by atoms with van der Waals surface area (Å²) in [7, 11) is -3.79. The minimum Gasteiger partial charge on any atom is -0.352 e. The second-order valence-corrected chi connectivity index (χ2v) is 10.8. The number of nitrogens with one attached hydrogen (secondary N) is 1. The predicted molar refractivity (Wildman–Crippen MR) is 137 cm³/mol. The highest BCUT2D eigenvalue weighted by Crippen LogP contribution is 2.23. The standard InChI is InChI=1S/C25H34ClN3O4S/c1-6-19(4)27-25(31)23(7-2)28(16-20-11-8-10-18(3)14-20)24(30)17-29(34(5,32)33)22-13-9-12-21(26)15-22/h8-15,19,23H,6-7,16-17H2,1-5H3,(H,27,31). The fourth-order valence-corrected chi connectivity index (χ4v) is 4.64. The molecule has 2 unspecified atom stereocenters. The van der Waals surface area contributed by atoms with Gasteiger partial charge in [-0.3, -0.25) is 13.9 Å². The van der Waals surface area contributed by atoms with Crippen LogP contribution in [0.2, 0.25) is 5.02 Å². The Labute approximate surface area is 208 Å². The number of anilines is 1. The summed E-state index contributed by atoms with van der Waals surface area (Å²) in [5, 5.41) is 3.31. The molecule has 0 aliphatic carbocycles. The van der Waals surface area contributed by atoms with Crippen molar-refractivity contribution in [2.45, 2.75) is 59.2 Å². The number of hydrogen-bond donors (Lipinski definition) is 1. The van der Waals surface area contributed by atoms with E-state index >= 15 is 0 Å². The van der Waals surface area contributed by atoms with Crippen molar-refractivity contribution in [1.82, 2.24) is 10.2 Å². The van der Waals surface area contributed by atoms with Gasteiger partial charge < -0.3 is 10.2 Å². The largest absolute Gasteiger partial charge is 0.352 e. The molecule has 0 saturated heterocycles. The van der Waals surface area contributed by atoms with Gasteiger partial charge in [0, 0.05) is 17.6 Å². The molecule has 7 nitrogen and oxygen atoms in total. The van der Waals surface area contributed by atoms with Crippen molar-refractivity contribution in [3.05, 3.63) is 64.7 Å². The Hall–Kier alpha value is -2.58. The van der Waals surface area contributed by atoms with Gasteiger partial charge in [0.25, 0.3) is 0 Å². The number of hydrogen-bond acceptors (Lipinski definition) is 4. The summed E-state index contributed by atoms with van der Waals surface area (Å²) in [5.41, 5.74) is 2.17. The first-order valence-electron chi connectivity index (χ1n) is 11.3. The Balaban J connectivity index is 2.44. The van der Waals surface area contributed by atoms with E-state index < -0.39 is 28.5 Å². The lowest BCUT2D eigenvalue weighted by Gasteiger charge is -2.33. The second-order valence-electron chi connectivity index (χ2n) is 8.50. The average Bonchev–Trinajstić information content (AvgIpc) is 2.76. The highest BCUT2D eigenvalue weighted by Gasteiger charge is 2.32. The Kier molecular flexibility index (Phi) is 9.94. The van der Waals surface area contributed by atoms with E-state index in [1.165, 1.54) is 11.0 Å². The van der Waals surface area contributed by atoms with Crippen molar-refractivity contribution in [3.8, 4) is 0 Å². The fraction of sp³-hybridized carbons (Fsp3) is 0.440. The van der Waals surface area contributed by atoms with E-state index in [0.29, 0.717) is 11.4 Å². The third-order valence-electron chi connectivity index (χ3n) is 5.60. The predicted octanol–water partition coefficient (Wildman–Crippen LogP) is 4.14. The number of aryl methyl sites for hydroxylation is 1. The lowest BCUT2D eigenvalue weighted by atomic mass is 10.1. The smallest absolute Gasteiger partial charge is 0.244 e. The highest BCUT2D eigenvalue weighted by molar-refractivity contribution is 7.92. The van der Waals surface area contributed by atoms with Crippen LogP contribution in [0.5, 0.6) is 0 Å². The maximum atomic E-state index is 13.6. The molecule has 9 heteroatoms. The summed E-state index contributed by atoms with van der Waals surface area (Å²) in [6.07, 6.45) is 2.18. The topological polar surface area (TPSA) is 86.8 Å². The van der Waals surface area contributed by atoms with E-state index in [0.717, 1.165) is 28.1 Å². The van der Waals surface area contributed by atoms with Crippen LogP contribution in [-0.2, 0) is 26.2 Å². The van der Waals surface area contributed by atoms with E-state index in [1.807, 2.05) is 52.0 Å². The molecule has 1 N–H and O–H groups in total. The van der Waals surface area contributed by atoms with Crippen LogP contribution in [0, 0.1) is 6.92 Å². The molecule has 0 heterocycles. The molecule has 0 bridgehead atoms. The molecule has 2 amide bonds. The van der Waals surface area contributed by atoms with E-state index in [1.54, 1.807) is 18.2 Å². The van der Waals surface area contributed by atoms with Gasteiger partial charge in [-0.15, -0.1) is 0 Å². The number of nitrogens with zero attached hydrogens (tertiary/aromatic N) is 2. The van der Waals surface area contributed by atoms with Crippen molar-refractivity contribution in [3.63, 3.8) is 0 Å². The Morgan fingerprint density at radius 3 is 2.29 bits per heavy atom. The van der Waals surface area contributed by atoms with Crippen LogP contribution in [0.25, 0.3) is 0 Å². The van der Waals surface area contributed by atoms with Gasteiger partial charge in [0.1, 0.15) is 12.6 Å². The molecule has 2 rings (SSSR count). The molecular formula is C25H34ClN3O4S. The zero-order valence-electron chi connectivity index (χ0n) is 20.4. The normalized spacial score (nSPS) is 13.1. The first-order valence-corrected chi connectivity index (χ1v) is 13.6. The van der Waals surface area contributed by atoms with Crippen LogP contribution >= 0.6 is 11.6 Å². The summed E-state index contributed by atoms with van der Waals surface area (Å²) in [6, 6.07) is 13.2. The number of benzene rings is 2. The van der Waals surface area contributed by atoms with Crippen LogP contribution < -0.4 is 9.62 Å². The molecular weight excluding hydrogens is 474 g/mol. The number of rotatable bonds is 11. The van der Waals surface area contributed by atoms with Gasteiger partial charge in [0.15, 0.2) is 0 Å². The summed E-state index contributed by atoms with van der Waals surface area (Å²) in [6.45, 7) is 7.40. The third-order valence-corrected chi connectivity index (χ3v) is 6.97. The number of carbonyl (C=O) groups excluding carboxylic acids is 2. The van der Waals surface area contributed by atoms with Gasteiger partial charge >= 0.3 is 0 Å². The molecule has 0 aromatic heterocycles. The number of sulfonamides is 1. The van der Waals surface area contributed by atoms with Gasteiger partial charge in [-0.05, 0) is 50.5 Å². The third kappa shape index (κ3) is 7.74. The quantitative estimate of drug-likeness (QED) is 0.495. The van der Waals surface area contributed by atoms with Crippen molar-refractivity contribution >= 4 is 39.1 Å². The fourth-order valence-electron chi connectivity index (χ4n) is 3.61. The van der Waals surface area contributed by atoms with Crippen molar-refractivity contribution in [1.29, 1.82) is 0 Å². The minimum absolute atomic E-state index is 0.0450. The Bertz CT molecular complexity index is 1110. The van der Waals surface area contributed by atoms with Gasteiger partial charge in [-0.1, -0.05) is 61.3 Å². The number of carbonyl (C=O) groups is 2. The summed E-state index contributed by atoms with van der Waals surface area (Å²) < 4.78 is 26.2. The maximum absolute atomic E-state index is 13.6. The van der Waals surface area contributed by atoms with Gasteiger partial charge in [0.2, 0.25) is 21.8 Å². The average molecular weight is 508 g/mol. The first-order chi connectivity index (χ1) is 16.0.